The predicted molar refractivity (Wildman–Crippen MR) is 81.4 cm³/mol. The molecule has 1 aliphatic heterocycles. The topological polar surface area (TPSA) is 24.5 Å². The van der Waals surface area contributed by atoms with E-state index >= 15 is 0 Å². The Kier molecular flexibility index (Phi) is 5.80. The Morgan fingerprint density at radius 3 is 2.79 bits per heavy atom. The average Bonchev–Trinajstić information content (AvgIpc) is 2.45. The summed E-state index contributed by atoms with van der Waals surface area (Å²) < 4.78 is 5.32. The number of benzene rings is 1. The lowest BCUT2D eigenvalue weighted by Gasteiger charge is -2.26. The summed E-state index contributed by atoms with van der Waals surface area (Å²) in [6.45, 7) is 4.66. The molecule has 0 aromatic heterocycles. The van der Waals surface area contributed by atoms with Crippen molar-refractivity contribution in [1.29, 1.82) is 0 Å². The first-order valence-electron chi connectivity index (χ1n) is 7.09. The lowest BCUT2D eigenvalue weighted by Crippen LogP contribution is -2.31. The first kappa shape index (κ1) is 14.5. The third-order valence-electron chi connectivity index (χ3n) is 3.58. The number of hydrogen-bond donors (Lipinski definition) is 1. The Balaban J connectivity index is 1.74. The number of halogens is 1. The number of anilines is 1. The Bertz CT molecular complexity index is 392. The van der Waals surface area contributed by atoms with E-state index in [2.05, 4.69) is 10.2 Å². The SMILES string of the molecule is COc1ccc(Cl)cc1NCCCN1CCCCC1. The summed E-state index contributed by atoms with van der Waals surface area (Å²) in [7, 11) is 1.68. The second-order valence-electron chi connectivity index (χ2n) is 5.03. The van der Waals surface area contributed by atoms with Crippen LogP contribution in [0.3, 0.4) is 0 Å². The number of nitrogens with zero attached hydrogens (tertiary/aromatic N) is 1. The van der Waals surface area contributed by atoms with Gasteiger partial charge < -0.3 is 15.0 Å². The fraction of sp³-hybridized carbons (Fsp3) is 0.600. The van der Waals surface area contributed by atoms with Crippen molar-refractivity contribution < 1.29 is 4.74 Å². The van der Waals surface area contributed by atoms with Crippen molar-refractivity contribution in [2.24, 2.45) is 0 Å². The summed E-state index contributed by atoms with van der Waals surface area (Å²) in [5, 5.41) is 4.14. The summed E-state index contributed by atoms with van der Waals surface area (Å²) in [5.41, 5.74) is 0.980. The van der Waals surface area contributed by atoms with Gasteiger partial charge in [0.05, 0.1) is 12.8 Å². The first-order chi connectivity index (χ1) is 9.29. The van der Waals surface area contributed by atoms with Crippen molar-refractivity contribution in [2.75, 3.05) is 38.6 Å². The molecule has 3 nitrogen and oxygen atoms in total. The largest absolute Gasteiger partial charge is 0.495 e. The second-order valence-corrected chi connectivity index (χ2v) is 5.46. The van der Waals surface area contributed by atoms with E-state index in [1.54, 1.807) is 7.11 Å². The summed E-state index contributed by atoms with van der Waals surface area (Å²) in [6.07, 6.45) is 5.26. The average molecular weight is 283 g/mol. The number of likely N-dealkylation sites (tertiary alicyclic amines) is 1. The molecule has 0 atom stereocenters. The van der Waals surface area contributed by atoms with Crippen LogP contribution in [0.4, 0.5) is 5.69 Å². The zero-order valence-corrected chi connectivity index (χ0v) is 12.4. The fourth-order valence-corrected chi connectivity index (χ4v) is 2.70. The van der Waals surface area contributed by atoms with Crippen LogP contribution in [0.5, 0.6) is 5.75 Å². The molecule has 1 N–H and O–H groups in total. The van der Waals surface area contributed by atoms with E-state index in [0.29, 0.717) is 0 Å². The predicted octanol–water partition coefficient (Wildman–Crippen LogP) is 3.64. The van der Waals surface area contributed by atoms with Crippen molar-refractivity contribution in [3.8, 4) is 5.75 Å². The number of nitrogens with one attached hydrogen (secondary N) is 1. The van der Waals surface area contributed by atoms with E-state index in [9.17, 15) is 0 Å². The van der Waals surface area contributed by atoms with Crippen molar-refractivity contribution in [2.45, 2.75) is 25.7 Å². The molecule has 2 rings (SSSR count). The van der Waals surface area contributed by atoms with Crippen LogP contribution in [-0.2, 0) is 0 Å². The van der Waals surface area contributed by atoms with Gasteiger partial charge >= 0.3 is 0 Å². The number of hydrogen-bond acceptors (Lipinski definition) is 3. The number of ether oxygens (including phenoxy) is 1. The lowest BCUT2D eigenvalue weighted by atomic mass is 10.1. The molecule has 0 spiro atoms. The Labute approximate surface area is 120 Å². The van der Waals surface area contributed by atoms with Crippen LogP contribution in [0.25, 0.3) is 0 Å². The molecule has 1 saturated heterocycles. The van der Waals surface area contributed by atoms with Crippen molar-refractivity contribution in [1.82, 2.24) is 4.90 Å². The molecule has 0 bridgehead atoms. The maximum absolute atomic E-state index is 6.00. The van der Waals surface area contributed by atoms with Gasteiger partial charge in [0.2, 0.25) is 0 Å². The van der Waals surface area contributed by atoms with Gasteiger partial charge in [-0.3, -0.25) is 0 Å². The molecule has 0 saturated carbocycles. The smallest absolute Gasteiger partial charge is 0.142 e. The van der Waals surface area contributed by atoms with Gasteiger partial charge in [0, 0.05) is 11.6 Å². The van der Waals surface area contributed by atoms with Gasteiger partial charge in [0.1, 0.15) is 5.75 Å². The highest BCUT2D eigenvalue weighted by molar-refractivity contribution is 6.30. The molecule has 1 heterocycles. The number of piperidine rings is 1. The van der Waals surface area contributed by atoms with E-state index in [-0.39, 0.29) is 0 Å². The van der Waals surface area contributed by atoms with Crippen molar-refractivity contribution in [3.63, 3.8) is 0 Å². The lowest BCUT2D eigenvalue weighted by molar-refractivity contribution is 0.228. The van der Waals surface area contributed by atoms with Crippen LogP contribution in [0.1, 0.15) is 25.7 Å². The van der Waals surface area contributed by atoms with Crippen LogP contribution < -0.4 is 10.1 Å². The van der Waals surface area contributed by atoms with Gasteiger partial charge in [0.15, 0.2) is 0 Å². The third-order valence-corrected chi connectivity index (χ3v) is 3.81. The molecule has 0 unspecified atom stereocenters. The quantitative estimate of drug-likeness (QED) is 0.806. The summed E-state index contributed by atoms with van der Waals surface area (Å²) in [6, 6.07) is 5.66. The van der Waals surface area contributed by atoms with Crippen LogP contribution >= 0.6 is 11.6 Å². The number of methoxy groups -OCH3 is 1. The van der Waals surface area contributed by atoms with E-state index in [1.807, 2.05) is 18.2 Å². The molecule has 19 heavy (non-hydrogen) atoms. The molecular weight excluding hydrogens is 260 g/mol. The molecule has 0 radical (unpaired) electrons. The van der Waals surface area contributed by atoms with Gasteiger partial charge in [-0.1, -0.05) is 18.0 Å². The van der Waals surface area contributed by atoms with Gasteiger partial charge in [-0.15, -0.1) is 0 Å². The second kappa shape index (κ2) is 7.61. The normalized spacial score (nSPS) is 16.3. The van der Waals surface area contributed by atoms with E-state index in [1.165, 1.54) is 38.9 Å². The summed E-state index contributed by atoms with van der Waals surface area (Å²) in [4.78, 5) is 2.56. The van der Waals surface area contributed by atoms with E-state index in [0.717, 1.165) is 29.4 Å². The zero-order chi connectivity index (χ0) is 13.5. The first-order valence-corrected chi connectivity index (χ1v) is 7.47. The molecule has 1 fully saturated rings. The molecule has 106 valence electrons. The highest BCUT2D eigenvalue weighted by atomic mass is 35.5. The summed E-state index contributed by atoms with van der Waals surface area (Å²) >= 11 is 6.00. The maximum Gasteiger partial charge on any atom is 0.142 e. The highest BCUT2D eigenvalue weighted by Crippen LogP contribution is 2.27. The van der Waals surface area contributed by atoms with Gasteiger partial charge in [-0.05, 0) is 57.1 Å². The minimum Gasteiger partial charge on any atom is -0.495 e. The maximum atomic E-state index is 6.00. The van der Waals surface area contributed by atoms with Crippen LogP contribution in [-0.4, -0.2) is 38.2 Å². The van der Waals surface area contributed by atoms with Crippen LogP contribution in [0, 0.1) is 0 Å². The Morgan fingerprint density at radius 1 is 1.26 bits per heavy atom. The van der Waals surface area contributed by atoms with Crippen LogP contribution in [0.2, 0.25) is 5.02 Å². The van der Waals surface area contributed by atoms with Crippen molar-refractivity contribution in [3.05, 3.63) is 23.2 Å². The zero-order valence-electron chi connectivity index (χ0n) is 11.6. The van der Waals surface area contributed by atoms with E-state index < -0.39 is 0 Å². The molecule has 0 amide bonds. The van der Waals surface area contributed by atoms with Gasteiger partial charge in [-0.25, -0.2) is 0 Å². The fourth-order valence-electron chi connectivity index (χ4n) is 2.53. The highest BCUT2D eigenvalue weighted by Gasteiger charge is 2.09. The molecule has 1 aromatic carbocycles. The number of rotatable bonds is 6. The molecule has 1 aromatic rings. The minimum atomic E-state index is 0.735. The minimum absolute atomic E-state index is 0.735. The van der Waals surface area contributed by atoms with E-state index in [4.69, 9.17) is 16.3 Å². The van der Waals surface area contributed by atoms with Crippen LogP contribution in [0.15, 0.2) is 18.2 Å². The van der Waals surface area contributed by atoms with Gasteiger partial charge in [-0.2, -0.15) is 0 Å². The molecule has 1 aliphatic rings. The molecule has 0 aliphatic carbocycles. The Hall–Kier alpha value is -0.930. The summed E-state index contributed by atoms with van der Waals surface area (Å²) in [5.74, 6) is 0.849. The standard InChI is InChI=1S/C15H23ClN2O/c1-19-15-7-6-13(16)12-14(15)17-8-5-11-18-9-3-2-4-10-18/h6-7,12,17H,2-5,8-11H2,1H3. The molecule has 4 heteroatoms. The van der Waals surface area contributed by atoms with Gasteiger partial charge in [0.25, 0.3) is 0 Å². The molecular formula is C15H23ClN2O. The van der Waals surface area contributed by atoms with Crippen molar-refractivity contribution >= 4 is 17.3 Å². The Morgan fingerprint density at radius 2 is 2.05 bits per heavy atom. The monoisotopic (exact) mass is 282 g/mol. The third kappa shape index (κ3) is 4.59.